The number of hydrogen-bond donors (Lipinski definition) is 1. The van der Waals surface area contributed by atoms with Gasteiger partial charge < -0.3 is 5.11 Å². The second-order valence-corrected chi connectivity index (χ2v) is 5.92. The zero-order valence-electron chi connectivity index (χ0n) is 13.0. The maximum absolute atomic E-state index is 13.1. The molecule has 2 heterocycles. The molecular formula is C16H18F2N4O2. The van der Waals surface area contributed by atoms with E-state index in [-0.39, 0.29) is 17.3 Å². The number of benzene rings is 1. The minimum absolute atomic E-state index is 0.00179. The second kappa shape index (κ2) is 7.04. The summed E-state index contributed by atoms with van der Waals surface area (Å²) in [5, 5.41) is 16.4. The Balaban J connectivity index is 1.71. The lowest BCUT2D eigenvalue weighted by Gasteiger charge is -2.32. The van der Waals surface area contributed by atoms with Gasteiger partial charge in [0.2, 0.25) is 0 Å². The fraction of sp³-hybridized carbons (Fsp3) is 0.438. The van der Waals surface area contributed by atoms with Gasteiger partial charge in [-0.05, 0) is 24.9 Å². The number of aromatic nitrogens is 3. The SMILES string of the molecule is O=C(O)c1cn(C2CCCN(Cc3ccccc3C(F)F)C2)nn1. The molecule has 0 aliphatic carbocycles. The summed E-state index contributed by atoms with van der Waals surface area (Å²) in [6.45, 7) is 1.88. The monoisotopic (exact) mass is 336 g/mol. The fourth-order valence-corrected chi connectivity index (χ4v) is 3.08. The van der Waals surface area contributed by atoms with Gasteiger partial charge >= 0.3 is 5.97 Å². The molecule has 0 saturated carbocycles. The smallest absolute Gasteiger partial charge is 0.358 e. The number of piperidine rings is 1. The Morgan fingerprint density at radius 1 is 1.38 bits per heavy atom. The predicted octanol–water partition coefficient (Wildman–Crippen LogP) is 2.75. The van der Waals surface area contributed by atoms with Crippen molar-refractivity contribution in [3.05, 3.63) is 47.3 Å². The molecule has 128 valence electrons. The highest BCUT2D eigenvalue weighted by atomic mass is 19.3. The van der Waals surface area contributed by atoms with Crippen LogP contribution in [0.3, 0.4) is 0 Å². The Morgan fingerprint density at radius 3 is 2.88 bits per heavy atom. The lowest BCUT2D eigenvalue weighted by Crippen LogP contribution is -2.36. The maximum Gasteiger partial charge on any atom is 0.358 e. The standard InChI is InChI=1S/C16H18F2N4O2/c17-15(18)13-6-2-1-4-11(13)8-21-7-3-5-12(9-21)22-10-14(16(23)24)19-20-22/h1-2,4,6,10,12,15H,3,5,7-9H2,(H,23,24). The van der Waals surface area contributed by atoms with Crippen LogP contribution in [0.15, 0.2) is 30.5 Å². The number of rotatable bonds is 5. The van der Waals surface area contributed by atoms with E-state index in [2.05, 4.69) is 15.2 Å². The zero-order chi connectivity index (χ0) is 17.1. The number of carboxylic acids is 1. The van der Waals surface area contributed by atoms with Crippen LogP contribution < -0.4 is 0 Å². The molecule has 1 aromatic carbocycles. The van der Waals surface area contributed by atoms with E-state index in [1.54, 1.807) is 22.9 Å². The first-order valence-electron chi connectivity index (χ1n) is 7.78. The summed E-state index contributed by atoms with van der Waals surface area (Å²) in [4.78, 5) is 13.0. The molecule has 0 amide bonds. The third-order valence-corrected chi connectivity index (χ3v) is 4.27. The van der Waals surface area contributed by atoms with Gasteiger partial charge in [0.1, 0.15) is 0 Å². The first-order chi connectivity index (χ1) is 11.5. The molecule has 3 rings (SSSR count). The largest absolute Gasteiger partial charge is 0.476 e. The number of carboxylic acid groups (broad SMARTS) is 1. The van der Waals surface area contributed by atoms with Crippen LogP contribution >= 0.6 is 0 Å². The average Bonchev–Trinajstić information content (AvgIpc) is 3.06. The van der Waals surface area contributed by atoms with Crippen LogP contribution in [-0.2, 0) is 6.54 Å². The molecule has 1 saturated heterocycles. The molecule has 1 aliphatic heterocycles. The second-order valence-electron chi connectivity index (χ2n) is 5.92. The number of hydrogen-bond acceptors (Lipinski definition) is 4. The molecule has 1 aliphatic rings. The van der Waals surface area contributed by atoms with Gasteiger partial charge in [0.25, 0.3) is 6.43 Å². The lowest BCUT2D eigenvalue weighted by molar-refractivity contribution is 0.0690. The molecule has 1 fully saturated rings. The van der Waals surface area contributed by atoms with Crippen LogP contribution in [0.5, 0.6) is 0 Å². The van der Waals surface area contributed by atoms with Crippen LogP contribution in [0.1, 0.15) is 46.9 Å². The average molecular weight is 336 g/mol. The molecule has 6 nitrogen and oxygen atoms in total. The van der Waals surface area contributed by atoms with Crippen molar-refractivity contribution in [3.8, 4) is 0 Å². The van der Waals surface area contributed by atoms with Crippen LogP contribution in [0.2, 0.25) is 0 Å². The summed E-state index contributed by atoms with van der Waals surface area (Å²) < 4.78 is 27.8. The maximum atomic E-state index is 13.1. The van der Waals surface area contributed by atoms with E-state index in [4.69, 9.17) is 5.11 Å². The normalized spacial score (nSPS) is 18.9. The van der Waals surface area contributed by atoms with Gasteiger partial charge in [-0.15, -0.1) is 5.10 Å². The minimum atomic E-state index is -2.49. The predicted molar refractivity (Wildman–Crippen MR) is 81.9 cm³/mol. The third-order valence-electron chi connectivity index (χ3n) is 4.27. The number of likely N-dealkylation sites (tertiary alicyclic amines) is 1. The van der Waals surface area contributed by atoms with E-state index in [1.165, 1.54) is 12.3 Å². The van der Waals surface area contributed by atoms with Gasteiger partial charge in [0, 0.05) is 18.7 Å². The molecule has 0 bridgehead atoms. The van der Waals surface area contributed by atoms with E-state index < -0.39 is 12.4 Å². The van der Waals surface area contributed by atoms with E-state index in [0.717, 1.165) is 19.4 Å². The van der Waals surface area contributed by atoms with Gasteiger partial charge in [-0.2, -0.15) is 0 Å². The molecule has 24 heavy (non-hydrogen) atoms. The van der Waals surface area contributed by atoms with Crippen molar-refractivity contribution in [2.75, 3.05) is 13.1 Å². The zero-order valence-corrected chi connectivity index (χ0v) is 13.0. The van der Waals surface area contributed by atoms with Crippen LogP contribution in [0.4, 0.5) is 8.78 Å². The molecule has 0 spiro atoms. The molecule has 2 aromatic rings. The van der Waals surface area contributed by atoms with E-state index in [9.17, 15) is 13.6 Å². The topological polar surface area (TPSA) is 71.2 Å². The quantitative estimate of drug-likeness (QED) is 0.909. The molecule has 1 atom stereocenters. The highest BCUT2D eigenvalue weighted by Crippen LogP contribution is 2.27. The fourth-order valence-electron chi connectivity index (χ4n) is 3.08. The first kappa shape index (κ1) is 16.5. The molecule has 1 N–H and O–H groups in total. The number of halogens is 2. The Bertz CT molecular complexity index is 720. The summed E-state index contributed by atoms with van der Waals surface area (Å²) >= 11 is 0. The molecule has 0 radical (unpaired) electrons. The van der Waals surface area contributed by atoms with Gasteiger partial charge in [0.05, 0.1) is 12.2 Å². The Labute approximate surface area is 137 Å². The Morgan fingerprint density at radius 2 is 2.17 bits per heavy atom. The van der Waals surface area contributed by atoms with E-state index in [0.29, 0.717) is 18.7 Å². The Hall–Kier alpha value is -2.35. The minimum Gasteiger partial charge on any atom is -0.476 e. The highest BCUT2D eigenvalue weighted by molar-refractivity contribution is 5.84. The summed E-state index contributed by atoms with van der Waals surface area (Å²) in [7, 11) is 0. The summed E-state index contributed by atoms with van der Waals surface area (Å²) in [5.74, 6) is -1.11. The van der Waals surface area contributed by atoms with Crippen LogP contribution in [0, 0.1) is 0 Å². The number of aromatic carboxylic acids is 1. The van der Waals surface area contributed by atoms with E-state index >= 15 is 0 Å². The molecular weight excluding hydrogens is 318 g/mol. The summed E-state index contributed by atoms with van der Waals surface area (Å²) in [5.41, 5.74) is 0.599. The molecule has 1 unspecified atom stereocenters. The van der Waals surface area contributed by atoms with Crippen molar-refractivity contribution in [1.29, 1.82) is 0 Å². The van der Waals surface area contributed by atoms with Gasteiger partial charge in [-0.1, -0.05) is 29.5 Å². The van der Waals surface area contributed by atoms with Crippen molar-refractivity contribution in [1.82, 2.24) is 19.9 Å². The van der Waals surface area contributed by atoms with Crippen molar-refractivity contribution in [2.24, 2.45) is 0 Å². The van der Waals surface area contributed by atoms with Gasteiger partial charge in [-0.25, -0.2) is 18.3 Å². The number of nitrogens with zero attached hydrogens (tertiary/aromatic N) is 4. The Kier molecular flexibility index (Phi) is 4.84. The molecule has 8 heteroatoms. The van der Waals surface area contributed by atoms with Crippen molar-refractivity contribution in [3.63, 3.8) is 0 Å². The van der Waals surface area contributed by atoms with Gasteiger partial charge in [0.15, 0.2) is 5.69 Å². The molecule has 1 aromatic heterocycles. The van der Waals surface area contributed by atoms with Crippen molar-refractivity contribution >= 4 is 5.97 Å². The van der Waals surface area contributed by atoms with Crippen molar-refractivity contribution < 1.29 is 18.7 Å². The van der Waals surface area contributed by atoms with Crippen molar-refractivity contribution in [2.45, 2.75) is 31.9 Å². The summed E-state index contributed by atoms with van der Waals surface area (Å²) in [6.07, 6.45) is 0.679. The van der Waals surface area contributed by atoms with Gasteiger partial charge in [-0.3, -0.25) is 4.90 Å². The third kappa shape index (κ3) is 3.59. The van der Waals surface area contributed by atoms with Crippen LogP contribution in [-0.4, -0.2) is 44.1 Å². The lowest BCUT2D eigenvalue weighted by atomic mass is 10.0. The first-order valence-corrected chi connectivity index (χ1v) is 7.78. The van der Waals surface area contributed by atoms with Crippen LogP contribution in [0.25, 0.3) is 0 Å². The number of carbonyl (C=O) groups is 1. The summed E-state index contributed by atoms with van der Waals surface area (Å²) in [6, 6.07) is 6.56. The van der Waals surface area contributed by atoms with E-state index in [1.807, 2.05) is 0 Å². The number of alkyl halides is 2. The highest BCUT2D eigenvalue weighted by Gasteiger charge is 2.24.